The number of allylic oxidation sites excluding steroid dienone is 1. The van der Waals surface area contributed by atoms with E-state index in [1.54, 1.807) is 0 Å². The van der Waals surface area contributed by atoms with Gasteiger partial charge in [-0.15, -0.1) is 0 Å². The third-order valence-corrected chi connectivity index (χ3v) is 6.86. The van der Waals surface area contributed by atoms with Crippen LogP contribution in [0.4, 0.5) is 0 Å². The van der Waals surface area contributed by atoms with Crippen LogP contribution in [0.1, 0.15) is 72.4 Å². The first-order chi connectivity index (χ1) is 15.9. The number of hydrogen-bond acceptors (Lipinski definition) is 5. The number of aliphatic hydroxyl groups is 2. The van der Waals surface area contributed by atoms with Crippen molar-refractivity contribution in [2.75, 3.05) is 6.56 Å². The smallest absolute Gasteiger partial charge is 0.190 e. The van der Waals surface area contributed by atoms with Crippen LogP contribution in [0.2, 0.25) is 0 Å². The van der Waals surface area contributed by atoms with Gasteiger partial charge < -0.3 is 10.2 Å². The first-order valence-electron chi connectivity index (χ1n) is 13.7. The van der Waals surface area contributed by atoms with Crippen LogP contribution in [0.15, 0.2) is 11.6 Å². The van der Waals surface area contributed by atoms with Crippen LogP contribution in [0.5, 0.6) is 0 Å². The number of ketones is 3. The molecule has 0 unspecified atom stereocenters. The number of fused-ring (bicyclic) bond motifs is 5. The molecule has 142 valence electrons. The molecule has 26 heavy (non-hydrogen) atoms. The van der Waals surface area contributed by atoms with Gasteiger partial charge in [-0.2, -0.15) is 0 Å². The lowest BCUT2D eigenvalue weighted by molar-refractivity contribution is -0.170. The largest absolute Gasteiger partial charge is 0.388 e. The second kappa shape index (κ2) is 5.59. The van der Waals surface area contributed by atoms with Gasteiger partial charge in [-0.1, -0.05) is 19.4 Å². The fourth-order valence-electron chi connectivity index (χ4n) is 5.36. The molecule has 0 aromatic heterocycles. The standard InChI is InChI=1S/C21H28O5/c1-19-7-5-13(23)9-12(19)3-4-14-15-6-8-21(26,17(25)11-22)20(15,2)10-16(24)18(14)19/h9,14-15,18,22,26H,3-8,10-11H2,1-2H3/t14-,15-,18+,19-,20-,21-/m0/s1/i3D2,5D2,9D,10D2,11D2,18D. The summed E-state index contributed by atoms with van der Waals surface area (Å²) in [5, 5.41) is 21.2. The van der Waals surface area contributed by atoms with E-state index >= 15 is 0 Å². The Labute approximate surface area is 167 Å². The molecule has 0 bridgehead atoms. The minimum atomic E-state index is -3.57. The molecule has 0 aromatic carbocycles. The van der Waals surface area contributed by atoms with Gasteiger partial charge in [0, 0.05) is 33.7 Å². The minimum absolute atomic E-state index is 0.211. The zero-order chi connectivity index (χ0) is 27.9. The van der Waals surface area contributed by atoms with Crippen molar-refractivity contribution in [3.63, 3.8) is 0 Å². The Morgan fingerprint density at radius 2 is 2.12 bits per heavy atom. The molecule has 3 saturated carbocycles. The maximum atomic E-state index is 14.0. The SMILES string of the molecule is [2H]C1=C2C([2H])([2H])C[C@H]3[C@@H]4CC[C@](O)(C(=O)C([2H])([2H])O)[C@@]4(C)C([2H])([2H])C(=O)[C@]3([2H])[C@@]2(C)CC([2H])([2H])C1=O. The maximum absolute atomic E-state index is 14.0. The monoisotopic (exact) mass is 370 g/mol. The molecule has 0 spiro atoms. The Bertz CT molecular complexity index is 1130. The molecule has 4 aliphatic rings. The van der Waals surface area contributed by atoms with Gasteiger partial charge >= 0.3 is 0 Å². The summed E-state index contributed by atoms with van der Waals surface area (Å²) >= 11 is 0. The first-order valence-corrected chi connectivity index (χ1v) is 8.70. The quantitative estimate of drug-likeness (QED) is 0.776. The van der Waals surface area contributed by atoms with E-state index in [4.69, 9.17) is 12.3 Å². The molecule has 0 amide bonds. The van der Waals surface area contributed by atoms with Crippen molar-refractivity contribution in [1.29, 1.82) is 0 Å². The zero-order valence-electron chi connectivity index (χ0n) is 24.6. The number of Topliss-reactive ketones (excluding diaryl/α,β-unsaturated/α-hetero) is 2. The van der Waals surface area contributed by atoms with Crippen molar-refractivity contribution in [1.82, 2.24) is 0 Å². The lowest BCUT2D eigenvalue weighted by atomic mass is 9.46. The van der Waals surface area contributed by atoms with Gasteiger partial charge in [-0.05, 0) is 55.4 Å². The summed E-state index contributed by atoms with van der Waals surface area (Å²) in [6, 6.07) is -0.989. The summed E-state index contributed by atoms with van der Waals surface area (Å²) in [4.78, 5) is 39.5. The van der Waals surface area contributed by atoms with Gasteiger partial charge in [0.05, 0.1) is 4.11 Å². The summed E-state index contributed by atoms with van der Waals surface area (Å²) < 4.78 is 83.9. The summed E-state index contributed by atoms with van der Waals surface area (Å²) in [7, 11) is 0. The lowest BCUT2D eigenvalue weighted by Gasteiger charge is -2.57. The van der Waals surface area contributed by atoms with Crippen LogP contribution in [0.25, 0.3) is 0 Å². The van der Waals surface area contributed by atoms with Gasteiger partial charge in [-0.25, -0.2) is 0 Å². The fourth-order valence-corrected chi connectivity index (χ4v) is 5.36. The molecule has 0 aromatic rings. The second-order valence-corrected chi connectivity index (χ2v) is 8.02. The van der Waals surface area contributed by atoms with Gasteiger partial charge in [0.2, 0.25) is 0 Å². The minimum Gasteiger partial charge on any atom is -0.388 e. The summed E-state index contributed by atoms with van der Waals surface area (Å²) in [5.41, 5.74) is -7.88. The van der Waals surface area contributed by atoms with E-state index < -0.39 is 108 Å². The van der Waals surface area contributed by atoms with Crippen LogP contribution in [-0.4, -0.2) is 39.7 Å². The molecular weight excluding hydrogens is 332 g/mol. The Morgan fingerprint density at radius 3 is 2.81 bits per heavy atom. The van der Waals surface area contributed by atoms with Crippen molar-refractivity contribution < 1.29 is 38.3 Å². The second-order valence-electron chi connectivity index (χ2n) is 8.02. The van der Waals surface area contributed by atoms with Gasteiger partial charge in [0.1, 0.15) is 17.9 Å². The Morgan fingerprint density at radius 1 is 1.38 bits per heavy atom. The number of carbonyl (C=O) groups excluding carboxylic acids is 3. The average Bonchev–Trinajstić information content (AvgIpc) is 2.99. The Kier molecular flexibility index (Phi) is 2.09. The van der Waals surface area contributed by atoms with Crippen LogP contribution in [-0.2, 0) is 14.4 Å². The molecule has 2 N–H and O–H groups in total. The van der Waals surface area contributed by atoms with Crippen molar-refractivity contribution in [2.45, 2.75) is 64.3 Å². The third-order valence-electron chi connectivity index (χ3n) is 6.86. The third kappa shape index (κ3) is 2.07. The number of rotatable bonds is 2. The van der Waals surface area contributed by atoms with E-state index in [0.29, 0.717) is 0 Å². The average molecular weight is 371 g/mol. The van der Waals surface area contributed by atoms with E-state index in [1.807, 2.05) is 0 Å². The van der Waals surface area contributed by atoms with Crippen molar-refractivity contribution in [3.05, 3.63) is 11.6 Å². The van der Waals surface area contributed by atoms with Crippen molar-refractivity contribution >= 4 is 17.3 Å². The topological polar surface area (TPSA) is 91.7 Å². The Hall–Kier alpha value is -1.33. The summed E-state index contributed by atoms with van der Waals surface area (Å²) in [5.74, 6) is -9.69. The molecule has 0 heterocycles. The molecular formula is C21H28O5. The van der Waals surface area contributed by atoms with E-state index in [-0.39, 0.29) is 6.42 Å². The molecule has 4 rings (SSSR count). The molecule has 0 radical (unpaired) electrons. The molecule has 0 aliphatic heterocycles. The van der Waals surface area contributed by atoms with E-state index in [9.17, 15) is 26.0 Å². The molecule has 6 atom stereocenters. The molecule has 3 fully saturated rings. The molecule has 5 heteroatoms. The highest BCUT2D eigenvalue weighted by molar-refractivity contribution is 5.94. The molecule has 4 aliphatic carbocycles. The fraction of sp³-hybridized carbons (Fsp3) is 0.762. The van der Waals surface area contributed by atoms with E-state index in [0.717, 1.165) is 6.92 Å². The Balaban J connectivity index is 2.03. The molecule has 5 nitrogen and oxygen atoms in total. The van der Waals surface area contributed by atoms with Crippen molar-refractivity contribution in [2.24, 2.45) is 28.6 Å². The van der Waals surface area contributed by atoms with E-state index in [2.05, 4.69) is 0 Å². The van der Waals surface area contributed by atoms with E-state index in [1.165, 1.54) is 6.92 Å². The van der Waals surface area contributed by atoms with Crippen LogP contribution < -0.4 is 0 Å². The summed E-state index contributed by atoms with van der Waals surface area (Å²) in [6.07, 6.45) is -10.6. The highest BCUT2D eigenvalue weighted by atomic mass is 16.3. The number of hydrogen-bond donors (Lipinski definition) is 2. The zero-order valence-corrected chi connectivity index (χ0v) is 14.6. The van der Waals surface area contributed by atoms with Gasteiger partial charge in [0.25, 0.3) is 0 Å². The van der Waals surface area contributed by atoms with Crippen LogP contribution in [0, 0.1) is 28.6 Å². The van der Waals surface area contributed by atoms with Gasteiger partial charge in [-0.3, -0.25) is 14.4 Å². The highest BCUT2D eigenvalue weighted by Gasteiger charge is 2.68. The van der Waals surface area contributed by atoms with Crippen LogP contribution in [0.3, 0.4) is 0 Å². The summed E-state index contributed by atoms with van der Waals surface area (Å²) in [6.45, 7) is -1.31. The number of carbonyl (C=O) groups is 3. The van der Waals surface area contributed by atoms with Gasteiger partial charge in [0.15, 0.2) is 11.6 Å². The van der Waals surface area contributed by atoms with Crippen LogP contribution >= 0.6 is 0 Å². The lowest BCUT2D eigenvalue weighted by Crippen LogP contribution is -2.60. The highest BCUT2D eigenvalue weighted by Crippen LogP contribution is 2.66. The first kappa shape index (κ1) is 9.74. The normalized spacial score (nSPS) is 62.9. The van der Waals surface area contributed by atoms with Crippen molar-refractivity contribution in [3.8, 4) is 0 Å². The maximum Gasteiger partial charge on any atom is 0.190 e. The molecule has 0 saturated heterocycles. The predicted molar refractivity (Wildman–Crippen MR) is 94.1 cm³/mol. The predicted octanol–water partition coefficient (Wildman–Crippen LogP) is 1.99.